The molecule has 92 valence electrons. The molecule has 0 amide bonds. The summed E-state index contributed by atoms with van der Waals surface area (Å²) in [7, 11) is 0. The number of allylic oxidation sites excluding steroid dienone is 1. The fourth-order valence-corrected chi connectivity index (χ4v) is 2.88. The zero-order valence-electron chi connectivity index (χ0n) is 9.59. The van der Waals surface area contributed by atoms with Crippen LogP contribution in [-0.2, 0) is 0 Å². The van der Waals surface area contributed by atoms with Crippen LogP contribution in [0.4, 0.5) is 5.69 Å². The molecule has 1 aromatic carbocycles. The summed E-state index contributed by atoms with van der Waals surface area (Å²) in [5, 5.41) is 13.5. The van der Waals surface area contributed by atoms with Gasteiger partial charge in [-0.3, -0.25) is 0 Å². The van der Waals surface area contributed by atoms with Gasteiger partial charge in [0.1, 0.15) is 11.6 Å². The topological polar surface area (TPSA) is 61.6 Å². The predicted octanol–water partition coefficient (Wildman–Crippen LogP) is 3.54. The molecular formula is C13H7ClN4S. The Morgan fingerprint density at radius 3 is 2.89 bits per heavy atom. The molecule has 19 heavy (non-hydrogen) atoms. The highest BCUT2D eigenvalue weighted by Crippen LogP contribution is 2.43. The Bertz CT molecular complexity index is 694. The number of anilines is 1. The van der Waals surface area contributed by atoms with Gasteiger partial charge in [0, 0.05) is 11.1 Å². The van der Waals surface area contributed by atoms with Gasteiger partial charge in [-0.2, -0.15) is 5.26 Å². The average molecular weight is 287 g/mol. The molecule has 2 aromatic rings. The van der Waals surface area contributed by atoms with Crippen molar-refractivity contribution in [3.8, 4) is 6.07 Å². The van der Waals surface area contributed by atoms with Crippen LogP contribution < -0.4 is 5.32 Å². The molecule has 1 aliphatic rings. The van der Waals surface area contributed by atoms with E-state index in [4.69, 9.17) is 11.6 Å². The van der Waals surface area contributed by atoms with Crippen molar-refractivity contribution in [2.24, 2.45) is 0 Å². The zero-order valence-corrected chi connectivity index (χ0v) is 11.2. The molecule has 0 unspecified atom stereocenters. The number of fused-ring (bicyclic) bond motifs is 1. The van der Waals surface area contributed by atoms with Gasteiger partial charge in [0.15, 0.2) is 0 Å². The molecule has 0 saturated heterocycles. The first-order valence-corrected chi connectivity index (χ1v) is 6.64. The summed E-state index contributed by atoms with van der Waals surface area (Å²) >= 11 is 7.27. The SMILES string of the molecule is N#C/C(=C1/Nc2ccccc2S1)c1ccnc(Cl)n1. The largest absolute Gasteiger partial charge is 0.348 e. The fraction of sp³-hybridized carbons (Fsp3) is 0. The van der Waals surface area contributed by atoms with E-state index in [1.54, 1.807) is 6.07 Å². The van der Waals surface area contributed by atoms with Crippen LogP contribution in [0.1, 0.15) is 5.69 Å². The number of halogens is 1. The molecule has 0 saturated carbocycles. The van der Waals surface area contributed by atoms with E-state index in [0.29, 0.717) is 11.3 Å². The second-order valence-corrected chi connectivity index (χ2v) is 5.14. The van der Waals surface area contributed by atoms with Crippen molar-refractivity contribution >= 4 is 34.6 Å². The van der Waals surface area contributed by atoms with Crippen LogP contribution in [0.3, 0.4) is 0 Å². The summed E-state index contributed by atoms with van der Waals surface area (Å²) in [5.41, 5.74) is 1.98. The lowest BCUT2D eigenvalue weighted by molar-refractivity contribution is 1.14. The maximum absolute atomic E-state index is 9.35. The first-order chi connectivity index (χ1) is 9.28. The summed E-state index contributed by atoms with van der Waals surface area (Å²) in [6, 6.07) is 11.7. The molecular weight excluding hydrogens is 280 g/mol. The van der Waals surface area contributed by atoms with Crippen molar-refractivity contribution in [2.45, 2.75) is 4.90 Å². The molecule has 1 N–H and O–H groups in total. The highest BCUT2D eigenvalue weighted by atomic mass is 35.5. The van der Waals surface area contributed by atoms with Crippen molar-refractivity contribution in [3.63, 3.8) is 0 Å². The number of nitrogens with zero attached hydrogens (tertiary/aromatic N) is 3. The first kappa shape index (κ1) is 12.0. The number of nitriles is 1. The zero-order chi connectivity index (χ0) is 13.2. The van der Waals surface area contributed by atoms with Gasteiger partial charge in [-0.05, 0) is 29.8 Å². The minimum atomic E-state index is 0.131. The van der Waals surface area contributed by atoms with E-state index in [0.717, 1.165) is 15.6 Å². The molecule has 3 rings (SSSR count). The second kappa shape index (κ2) is 4.92. The molecule has 4 nitrogen and oxygen atoms in total. The Balaban J connectivity index is 2.06. The Morgan fingerprint density at radius 2 is 2.16 bits per heavy atom. The van der Waals surface area contributed by atoms with Crippen molar-refractivity contribution in [2.75, 3.05) is 5.32 Å². The van der Waals surface area contributed by atoms with Gasteiger partial charge in [0.05, 0.1) is 16.4 Å². The molecule has 0 radical (unpaired) electrons. The lowest BCUT2D eigenvalue weighted by Crippen LogP contribution is -1.97. The third-order valence-electron chi connectivity index (χ3n) is 2.57. The van der Waals surface area contributed by atoms with E-state index in [-0.39, 0.29) is 5.28 Å². The van der Waals surface area contributed by atoms with Crippen LogP contribution in [0.2, 0.25) is 5.28 Å². The second-order valence-electron chi connectivity index (χ2n) is 3.75. The molecule has 2 heterocycles. The number of aromatic nitrogens is 2. The van der Waals surface area contributed by atoms with Gasteiger partial charge in [-0.1, -0.05) is 23.9 Å². The number of nitrogens with one attached hydrogen (secondary N) is 1. The van der Waals surface area contributed by atoms with Crippen LogP contribution >= 0.6 is 23.4 Å². The summed E-state index contributed by atoms with van der Waals surface area (Å²) in [4.78, 5) is 8.98. The van der Waals surface area contributed by atoms with Crippen LogP contribution in [0.25, 0.3) is 5.57 Å². The van der Waals surface area contributed by atoms with Crippen LogP contribution in [0.15, 0.2) is 46.5 Å². The van der Waals surface area contributed by atoms with Gasteiger partial charge in [-0.25, -0.2) is 9.97 Å². The van der Waals surface area contributed by atoms with Crippen molar-refractivity contribution in [3.05, 3.63) is 52.5 Å². The minimum absolute atomic E-state index is 0.131. The van der Waals surface area contributed by atoms with E-state index >= 15 is 0 Å². The van der Waals surface area contributed by atoms with Gasteiger partial charge in [0.2, 0.25) is 5.28 Å². The number of rotatable bonds is 1. The lowest BCUT2D eigenvalue weighted by Gasteiger charge is -2.03. The summed E-state index contributed by atoms with van der Waals surface area (Å²) < 4.78 is 0. The summed E-state index contributed by atoms with van der Waals surface area (Å²) in [6.45, 7) is 0. The summed E-state index contributed by atoms with van der Waals surface area (Å²) in [5.74, 6) is 0. The Hall–Kier alpha value is -2.03. The molecule has 1 aromatic heterocycles. The molecule has 0 bridgehead atoms. The quantitative estimate of drug-likeness (QED) is 0.642. The predicted molar refractivity (Wildman–Crippen MR) is 75.5 cm³/mol. The number of thioether (sulfide) groups is 1. The monoisotopic (exact) mass is 286 g/mol. The third-order valence-corrected chi connectivity index (χ3v) is 3.84. The summed E-state index contributed by atoms with van der Waals surface area (Å²) in [6.07, 6.45) is 1.54. The maximum Gasteiger partial charge on any atom is 0.222 e. The molecule has 0 fully saturated rings. The van der Waals surface area contributed by atoms with Gasteiger partial charge in [-0.15, -0.1) is 0 Å². The highest BCUT2D eigenvalue weighted by Gasteiger charge is 2.20. The number of benzene rings is 1. The van der Waals surface area contributed by atoms with E-state index in [2.05, 4.69) is 21.4 Å². The lowest BCUT2D eigenvalue weighted by atomic mass is 10.2. The van der Waals surface area contributed by atoms with Gasteiger partial charge < -0.3 is 5.32 Å². The molecule has 0 atom stereocenters. The van der Waals surface area contributed by atoms with Crippen LogP contribution in [0.5, 0.6) is 0 Å². The number of hydrogen-bond acceptors (Lipinski definition) is 5. The van der Waals surface area contributed by atoms with Crippen LogP contribution in [-0.4, -0.2) is 9.97 Å². The van der Waals surface area contributed by atoms with E-state index in [1.807, 2.05) is 24.3 Å². The Morgan fingerprint density at radius 1 is 1.32 bits per heavy atom. The molecule has 6 heteroatoms. The van der Waals surface area contributed by atoms with E-state index < -0.39 is 0 Å². The Kier molecular flexibility index (Phi) is 3.11. The third kappa shape index (κ3) is 2.28. The minimum Gasteiger partial charge on any atom is -0.348 e. The Labute approximate surface area is 119 Å². The normalized spacial score (nSPS) is 15.4. The van der Waals surface area contributed by atoms with E-state index in [9.17, 15) is 5.26 Å². The van der Waals surface area contributed by atoms with Crippen molar-refractivity contribution in [1.82, 2.24) is 9.97 Å². The fourth-order valence-electron chi connectivity index (χ4n) is 1.73. The van der Waals surface area contributed by atoms with E-state index in [1.165, 1.54) is 18.0 Å². The first-order valence-electron chi connectivity index (χ1n) is 5.45. The smallest absolute Gasteiger partial charge is 0.222 e. The molecule has 0 aliphatic carbocycles. The maximum atomic E-state index is 9.35. The number of hydrogen-bond donors (Lipinski definition) is 1. The molecule has 1 aliphatic heterocycles. The van der Waals surface area contributed by atoms with Gasteiger partial charge >= 0.3 is 0 Å². The highest BCUT2D eigenvalue weighted by molar-refractivity contribution is 8.04. The number of para-hydroxylation sites is 1. The van der Waals surface area contributed by atoms with Crippen molar-refractivity contribution in [1.29, 1.82) is 5.26 Å². The molecule has 0 spiro atoms. The standard InChI is InChI=1S/C13H7ClN4S/c14-13-16-6-5-9(18-13)8(7-15)12-17-10-3-1-2-4-11(10)19-12/h1-6,17H/b12-8+. The average Bonchev–Trinajstić information content (AvgIpc) is 2.83. The van der Waals surface area contributed by atoms with Gasteiger partial charge in [0.25, 0.3) is 0 Å². The van der Waals surface area contributed by atoms with Crippen LogP contribution in [0, 0.1) is 11.3 Å². The van der Waals surface area contributed by atoms with Crippen molar-refractivity contribution < 1.29 is 0 Å².